The largest absolute Gasteiger partial charge is 0.481 e. The molecule has 17 heavy (non-hydrogen) atoms. The third kappa shape index (κ3) is 3.20. The summed E-state index contributed by atoms with van der Waals surface area (Å²) in [5, 5.41) is 8.95. The Morgan fingerprint density at radius 2 is 1.94 bits per heavy atom. The zero-order valence-electron chi connectivity index (χ0n) is 11.0. The number of piperidine rings is 1. The Labute approximate surface area is 103 Å². The molecule has 1 saturated heterocycles. The van der Waals surface area contributed by atoms with E-state index in [1.165, 1.54) is 6.42 Å². The zero-order chi connectivity index (χ0) is 13.0. The molecule has 0 saturated carbocycles. The molecule has 0 aromatic carbocycles. The number of hydrogen-bond donors (Lipinski definition) is 1. The van der Waals surface area contributed by atoms with Crippen molar-refractivity contribution < 1.29 is 14.7 Å². The van der Waals surface area contributed by atoms with Crippen molar-refractivity contribution in [3.63, 3.8) is 0 Å². The van der Waals surface area contributed by atoms with E-state index in [-0.39, 0.29) is 5.91 Å². The number of nitrogens with zero attached hydrogens (tertiary/aromatic N) is 1. The average Bonchev–Trinajstić information content (AvgIpc) is 2.35. The first-order valence-electron chi connectivity index (χ1n) is 6.52. The van der Waals surface area contributed by atoms with Crippen molar-refractivity contribution in [3.8, 4) is 0 Å². The molecule has 0 spiro atoms. The van der Waals surface area contributed by atoms with Crippen molar-refractivity contribution in [1.82, 2.24) is 4.90 Å². The molecular weight excluding hydrogens is 218 g/mol. The summed E-state index contributed by atoms with van der Waals surface area (Å²) in [7, 11) is 0. The highest BCUT2D eigenvalue weighted by Gasteiger charge is 2.33. The van der Waals surface area contributed by atoms with Crippen molar-refractivity contribution in [2.75, 3.05) is 6.54 Å². The Balaban J connectivity index is 2.70. The minimum Gasteiger partial charge on any atom is -0.481 e. The van der Waals surface area contributed by atoms with E-state index >= 15 is 0 Å². The van der Waals surface area contributed by atoms with Gasteiger partial charge in [-0.2, -0.15) is 0 Å². The van der Waals surface area contributed by atoms with Crippen LogP contribution < -0.4 is 0 Å². The van der Waals surface area contributed by atoms with Crippen LogP contribution in [0.4, 0.5) is 0 Å². The topological polar surface area (TPSA) is 57.6 Å². The Bertz CT molecular complexity index is 290. The summed E-state index contributed by atoms with van der Waals surface area (Å²) in [6.45, 7) is 6.20. The van der Waals surface area contributed by atoms with Gasteiger partial charge in [-0.3, -0.25) is 9.59 Å². The number of rotatable bonds is 4. The van der Waals surface area contributed by atoms with Crippen LogP contribution in [0.3, 0.4) is 0 Å². The van der Waals surface area contributed by atoms with E-state index in [0.717, 1.165) is 25.8 Å². The van der Waals surface area contributed by atoms with Crippen molar-refractivity contribution in [1.29, 1.82) is 0 Å². The molecule has 0 aromatic heterocycles. The lowest BCUT2D eigenvalue weighted by Gasteiger charge is -2.37. The number of aliphatic carboxylic acids is 1. The quantitative estimate of drug-likeness (QED) is 0.820. The van der Waals surface area contributed by atoms with Crippen molar-refractivity contribution >= 4 is 11.9 Å². The predicted octanol–water partition coefficient (Wildman–Crippen LogP) is 2.13. The smallest absolute Gasteiger partial charge is 0.307 e. The van der Waals surface area contributed by atoms with E-state index in [9.17, 15) is 9.59 Å². The first kappa shape index (κ1) is 14.0. The molecule has 1 heterocycles. The van der Waals surface area contributed by atoms with Gasteiger partial charge in [0, 0.05) is 18.5 Å². The molecule has 0 bridgehead atoms. The maximum Gasteiger partial charge on any atom is 0.307 e. The highest BCUT2D eigenvalue weighted by Crippen LogP contribution is 2.24. The fraction of sp³-hybridized carbons (Fsp3) is 0.846. The van der Waals surface area contributed by atoms with Gasteiger partial charge in [0.15, 0.2) is 0 Å². The van der Waals surface area contributed by atoms with Crippen LogP contribution in [0.5, 0.6) is 0 Å². The Morgan fingerprint density at radius 3 is 2.47 bits per heavy atom. The van der Waals surface area contributed by atoms with Gasteiger partial charge in [0.2, 0.25) is 5.91 Å². The summed E-state index contributed by atoms with van der Waals surface area (Å²) < 4.78 is 0. The van der Waals surface area contributed by atoms with Crippen LogP contribution in [-0.4, -0.2) is 34.5 Å². The zero-order valence-corrected chi connectivity index (χ0v) is 11.0. The summed E-state index contributed by atoms with van der Waals surface area (Å²) in [4.78, 5) is 25.1. The van der Waals surface area contributed by atoms with Crippen LogP contribution in [0.2, 0.25) is 0 Å². The van der Waals surface area contributed by atoms with Crippen LogP contribution in [0, 0.1) is 11.8 Å². The minimum atomic E-state index is -0.893. The fourth-order valence-electron chi connectivity index (χ4n) is 2.40. The summed E-state index contributed by atoms with van der Waals surface area (Å²) in [5.74, 6) is -1.93. The second kappa shape index (κ2) is 6.03. The molecule has 1 aliphatic heterocycles. The molecule has 0 aliphatic carbocycles. The molecule has 0 aromatic rings. The van der Waals surface area contributed by atoms with Gasteiger partial charge < -0.3 is 10.0 Å². The summed E-state index contributed by atoms with van der Waals surface area (Å²) in [6, 6.07) is 0.305. The van der Waals surface area contributed by atoms with E-state index in [4.69, 9.17) is 5.11 Å². The molecule has 0 radical (unpaired) electrons. The second-order valence-corrected chi connectivity index (χ2v) is 5.01. The first-order chi connectivity index (χ1) is 7.99. The van der Waals surface area contributed by atoms with E-state index in [0.29, 0.717) is 6.04 Å². The third-order valence-electron chi connectivity index (χ3n) is 3.91. The highest BCUT2D eigenvalue weighted by molar-refractivity contribution is 5.84. The van der Waals surface area contributed by atoms with Gasteiger partial charge in [-0.15, -0.1) is 0 Å². The van der Waals surface area contributed by atoms with Crippen LogP contribution >= 0.6 is 0 Å². The van der Waals surface area contributed by atoms with Gasteiger partial charge in [0.25, 0.3) is 0 Å². The fourth-order valence-corrected chi connectivity index (χ4v) is 2.40. The van der Waals surface area contributed by atoms with E-state index in [1.807, 2.05) is 4.90 Å². The van der Waals surface area contributed by atoms with Crippen molar-refractivity contribution in [2.24, 2.45) is 11.8 Å². The number of carboxylic acid groups (broad SMARTS) is 1. The predicted molar refractivity (Wildman–Crippen MR) is 65.6 cm³/mol. The number of carboxylic acids is 1. The molecule has 1 aliphatic rings. The minimum absolute atomic E-state index is 0.00597. The number of carbonyl (C=O) groups is 2. The first-order valence-corrected chi connectivity index (χ1v) is 6.52. The maximum atomic E-state index is 12.3. The number of amides is 1. The number of carbonyl (C=O) groups excluding carboxylic acids is 1. The molecule has 3 atom stereocenters. The standard InChI is InChI=1S/C13H23NO3/c1-4-11-7-5-6-8-14(11)12(15)9(2)10(3)13(16)17/h9-11H,4-8H2,1-3H3,(H,16,17). The molecule has 1 amide bonds. The lowest BCUT2D eigenvalue weighted by molar-refractivity contribution is -0.150. The van der Waals surface area contributed by atoms with Gasteiger partial charge in [0.1, 0.15) is 0 Å². The van der Waals surface area contributed by atoms with Gasteiger partial charge in [-0.1, -0.05) is 20.8 Å². The van der Waals surface area contributed by atoms with Gasteiger partial charge in [-0.05, 0) is 25.7 Å². The van der Waals surface area contributed by atoms with Crippen LogP contribution in [0.25, 0.3) is 0 Å². The van der Waals surface area contributed by atoms with E-state index < -0.39 is 17.8 Å². The van der Waals surface area contributed by atoms with Crippen LogP contribution in [0.15, 0.2) is 0 Å². The number of likely N-dealkylation sites (tertiary alicyclic amines) is 1. The van der Waals surface area contributed by atoms with E-state index in [1.54, 1.807) is 13.8 Å². The second-order valence-electron chi connectivity index (χ2n) is 5.01. The maximum absolute atomic E-state index is 12.3. The summed E-state index contributed by atoms with van der Waals surface area (Å²) in [6.07, 6.45) is 4.22. The van der Waals surface area contributed by atoms with Gasteiger partial charge in [-0.25, -0.2) is 0 Å². The van der Waals surface area contributed by atoms with Crippen molar-refractivity contribution in [2.45, 2.75) is 52.5 Å². The molecule has 1 rings (SSSR count). The van der Waals surface area contributed by atoms with Crippen molar-refractivity contribution in [3.05, 3.63) is 0 Å². The Morgan fingerprint density at radius 1 is 1.29 bits per heavy atom. The Kier molecular flexibility index (Phi) is 4.97. The molecule has 1 fully saturated rings. The normalized spacial score (nSPS) is 24.2. The number of hydrogen-bond acceptors (Lipinski definition) is 2. The Hall–Kier alpha value is -1.06. The summed E-state index contributed by atoms with van der Waals surface area (Å²) >= 11 is 0. The van der Waals surface area contributed by atoms with Gasteiger partial charge in [0.05, 0.1) is 5.92 Å². The lowest BCUT2D eigenvalue weighted by Crippen LogP contribution is -2.47. The highest BCUT2D eigenvalue weighted by atomic mass is 16.4. The monoisotopic (exact) mass is 241 g/mol. The van der Waals surface area contributed by atoms with Crippen LogP contribution in [-0.2, 0) is 9.59 Å². The third-order valence-corrected chi connectivity index (χ3v) is 3.91. The molecule has 4 nitrogen and oxygen atoms in total. The molecule has 3 unspecified atom stereocenters. The average molecular weight is 241 g/mol. The van der Waals surface area contributed by atoms with Gasteiger partial charge >= 0.3 is 5.97 Å². The van der Waals surface area contributed by atoms with Crippen LogP contribution in [0.1, 0.15) is 46.5 Å². The molecular formula is C13H23NO3. The lowest BCUT2D eigenvalue weighted by atomic mass is 9.91. The molecule has 4 heteroatoms. The van der Waals surface area contributed by atoms with E-state index in [2.05, 4.69) is 6.92 Å². The molecule has 98 valence electrons. The molecule has 1 N–H and O–H groups in total. The summed E-state index contributed by atoms with van der Waals surface area (Å²) in [5.41, 5.74) is 0. The SMILES string of the molecule is CCC1CCCCN1C(=O)C(C)C(C)C(=O)O.